The smallest absolute Gasteiger partial charge is 0.254 e. The Balaban J connectivity index is 0.00000242. The van der Waals surface area contributed by atoms with Crippen LogP contribution in [0.25, 0.3) is 0 Å². The molecule has 7 nitrogen and oxygen atoms in total. The van der Waals surface area contributed by atoms with E-state index < -0.39 is 10.0 Å². The van der Waals surface area contributed by atoms with Gasteiger partial charge in [0, 0.05) is 26.2 Å². The Labute approximate surface area is 140 Å². The van der Waals surface area contributed by atoms with Crippen molar-refractivity contribution in [1.29, 1.82) is 0 Å². The predicted molar refractivity (Wildman–Crippen MR) is 87.6 cm³/mol. The predicted octanol–water partition coefficient (Wildman–Crippen LogP) is 0.349. The summed E-state index contributed by atoms with van der Waals surface area (Å²) in [7, 11) is -3.54. The molecule has 1 aromatic rings. The summed E-state index contributed by atoms with van der Waals surface area (Å²) in [6.45, 7) is 3.22. The van der Waals surface area contributed by atoms with Gasteiger partial charge in [-0.1, -0.05) is 0 Å². The zero-order valence-electron chi connectivity index (χ0n) is 12.3. The number of nitrogens with one attached hydrogen (secondary N) is 1. The molecule has 0 aromatic carbocycles. The summed E-state index contributed by atoms with van der Waals surface area (Å²) in [4.78, 5) is 16.0. The van der Waals surface area contributed by atoms with Crippen molar-refractivity contribution in [3.8, 4) is 0 Å². The lowest BCUT2D eigenvalue weighted by Crippen LogP contribution is -2.45. The van der Waals surface area contributed by atoms with Crippen LogP contribution in [0.5, 0.6) is 0 Å². The van der Waals surface area contributed by atoms with Gasteiger partial charge in [0.25, 0.3) is 10.0 Å². The van der Waals surface area contributed by atoms with Gasteiger partial charge in [-0.2, -0.15) is 4.31 Å². The van der Waals surface area contributed by atoms with E-state index in [9.17, 15) is 13.2 Å². The highest BCUT2D eigenvalue weighted by Gasteiger charge is 2.34. The normalized spacial score (nSPS) is 19.5. The summed E-state index contributed by atoms with van der Waals surface area (Å²) in [5, 5.41) is 3.43. The van der Waals surface area contributed by atoms with E-state index >= 15 is 0 Å². The molecule has 1 fully saturated rings. The maximum absolute atomic E-state index is 12.5. The van der Waals surface area contributed by atoms with Crippen LogP contribution in [0.2, 0.25) is 0 Å². The maximum Gasteiger partial charge on any atom is 0.254 e. The summed E-state index contributed by atoms with van der Waals surface area (Å²) in [6.07, 6.45) is 2.76. The summed E-state index contributed by atoms with van der Waals surface area (Å²) in [5.74, 6) is -0.435. The van der Waals surface area contributed by atoms with Crippen LogP contribution in [0.15, 0.2) is 10.4 Å². The van der Waals surface area contributed by atoms with Gasteiger partial charge in [0.2, 0.25) is 5.91 Å². The van der Waals surface area contributed by atoms with Crippen molar-refractivity contribution in [2.75, 3.05) is 26.2 Å². The molecule has 10 heteroatoms. The van der Waals surface area contributed by atoms with Gasteiger partial charge in [-0.05, 0) is 19.8 Å². The summed E-state index contributed by atoms with van der Waals surface area (Å²) in [6, 6.07) is 0. The van der Waals surface area contributed by atoms with Gasteiger partial charge < -0.3 is 11.1 Å². The third kappa shape index (κ3) is 4.39. The minimum absolute atomic E-state index is 0. The quantitative estimate of drug-likeness (QED) is 0.780. The van der Waals surface area contributed by atoms with Gasteiger partial charge in [0.05, 0.1) is 17.1 Å². The fraction of sp³-hybridized carbons (Fsp3) is 0.667. The van der Waals surface area contributed by atoms with E-state index in [1.54, 1.807) is 6.92 Å². The van der Waals surface area contributed by atoms with E-state index in [-0.39, 0.29) is 35.0 Å². The van der Waals surface area contributed by atoms with Gasteiger partial charge >= 0.3 is 0 Å². The SMILES string of the molecule is Cc1ncc(S(=O)(=O)N2CCCC(C(=O)NCCN)C2)s1.Cl. The highest BCUT2D eigenvalue weighted by Crippen LogP contribution is 2.26. The number of thiazole rings is 1. The molecule has 22 heavy (non-hydrogen) atoms. The molecule has 1 saturated heterocycles. The first kappa shape index (κ1) is 19.3. The zero-order valence-corrected chi connectivity index (χ0v) is 14.8. The molecule has 2 rings (SSSR count). The number of aromatic nitrogens is 1. The number of nitrogens with two attached hydrogens (primary N) is 1. The second kappa shape index (κ2) is 8.21. The molecule has 2 heterocycles. The van der Waals surface area contributed by atoms with E-state index in [2.05, 4.69) is 10.3 Å². The number of amides is 1. The molecule has 1 aliphatic heterocycles. The highest BCUT2D eigenvalue weighted by atomic mass is 35.5. The molecule has 1 amide bonds. The van der Waals surface area contributed by atoms with Gasteiger partial charge in [0.1, 0.15) is 0 Å². The largest absolute Gasteiger partial charge is 0.355 e. The van der Waals surface area contributed by atoms with Gasteiger partial charge in [-0.15, -0.1) is 23.7 Å². The summed E-state index contributed by atoms with van der Waals surface area (Å²) in [5.41, 5.74) is 5.35. The van der Waals surface area contributed by atoms with Crippen LogP contribution in [0.3, 0.4) is 0 Å². The van der Waals surface area contributed by atoms with E-state index in [1.165, 1.54) is 10.5 Å². The fourth-order valence-electron chi connectivity index (χ4n) is 2.30. The minimum atomic E-state index is -3.54. The van der Waals surface area contributed by atoms with Crippen molar-refractivity contribution in [1.82, 2.24) is 14.6 Å². The number of sulfonamides is 1. The third-order valence-electron chi connectivity index (χ3n) is 3.39. The van der Waals surface area contributed by atoms with Crippen LogP contribution in [-0.2, 0) is 14.8 Å². The number of rotatable bonds is 5. The Morgan fingerprint density at radius 3 is 2.91 bits per heavy atom. The number of piperidine rings is 1. The maximum atomic E-state index is 12.5. The van der Waals surface area contributed by atoms with Crippen LogP contribution in [0.4, 0.5) is 0 Å². The van der Waals surface area contributed by atoms with Crippen molar-refractivity contribution >= 4 is 39.7 Å². The number of hydrogen-bond donors (Lipinski definition) is 2. The molecule has 0 aliphatic carbocycles. The first-order chi connectivity index (χ1) is 9.95. The highest BCUT2D eigenvalue weighted by molar-refractivity contribution is 7.91. The number of aryl methyl sites for hydroxylation is 1. The molecular weight excluding hydrogens is 348 g/mol. The molecule has 1 aliphatic rings. The number of hydrogen-bond acceptors (Lipinski definition) is 6. The average molecular weight is 369 g/mol. The fourth-order valence-corrected chi connectivity index (χ4v) is 5.09. The van der Waals surface area contributed by atoms with Crippen LogP contribution in [0, 0.1) is 12.8 Å². The van der Waals surface area contributed by atoms with E-state index in [0.29, 0.717) is 37.5 Å². The van der Waals surface area contributed by atoms with Crippen molar-refractivity contribution in [3.63, 3.8) is 0 Å². The van der Waals surface area contributed by atoms with Crippen LogP contribution < -0.4 is 11.1 Å². The molecular formula is C12H21ClN4O3S2. The van der Waals surface area contributed by atoms with Crippen LogP contribution in [0.1, 0.15) is 17.8 Å². The Morgan fingerprint density at radius 2 is 2.32 bits per heavy atom. The molecule has 3 N–H and O–H groups in total. The first-order valence-electron chi connectivity index (χ1n) is 6.85. The Bertz CT molecular complexity index is 605. The zero-order chi connectivity index (χ0) is 15.5. The molecule has 1 atom stereocenters. The topological polar surface area (TPSA) is 105 Å². The molecule has 1 unspecified atom stereocenters. The Morgan fingerprint density at radius 1 is 1.59 bits per heavy atom. The lowest BCUT2D eigenvalue weighted by atomic mass is 9.99. The van der Waals surface area contributed by atoms with Gasteiger partial charge in [-0.25, -0.2) is 13.4 Å². The first-order valence-corrected chi connectivity index (χ1v) is 9.11. The van der Waals surface area contributed by atoms with Crippen molar-refractivity contribution in [2.24, 2.45) is 11.7 Å². The summed E-state index contributed by atoms with van der Waals surface area (Å²) < 4.78 is 26.7. The third-order valence-corrected chi connectivity index (χ3v) is 6.61. The monoisotopic (exact) mass is 368 g/mol. The minimum Gasteiger partial charge on any atom is -0.355 e. The molecule has 0 bridgehead atoms. The van der Waals surface area contributed by atoms with Crippen molar-refractivity contribution in [3.05, 3.63) is 11.2 Å². The number of carbonyl (C=O) groups excluding carboxylic acids is 1. The second-order valence-electron chi connectivity index (χ2n) is 4.98. The van der Waals surface area contributed by atoms with Crippen molar-refractivity contribution in [2.45, 2.75) is 24.0 Å². The Hall–Kier alpha value is -0.740. The van der Waals surface area contributed by atoms with E-state index in [0.717, 1.165) is 11.3 Å². The molecule has 0 radical (unpaired) electrons. The molecule has 1 aromatic heterocycles. The number of carbonyl (C=O) groups is 1. The second-order valence-corrected chi connectivity index (χ2v) is 8.38. The van der Waals surface area contributed by atoms with Gasteiger partial charge in [-0.3, -0.25) is 4.79 Å². The summed E-state index contributed by atoms with van der Waals surface area (Å²) >= 11 is 1.15. The van der Waals surface area contributed by atoms with E-state index in [4.69, 9.17) is 5.73 Å². The number of halogens is 1. The van der Waals surface area contributed by atoms with Crippen LogP contribution in [-0.4, -0.2) is 49.8 Å². The van der Waals surface area contributed by atoms with Gasteiger partial charge in [0.15, 0.2) is 4.21 Å². The lowest BCUT2D eigenvalue weighted by molar-refractivity contribution is -0.126. The standard InChI is InChI=1S/C12H20N4O3S2.ClH/c1-9-15-7-11(20-9)21(18,19)16-6-2-3-10(8-16)12(17)14-5-4-13;/h7,10H,2-6,8,13H2,1H3,(H,14,17);1H. The van der Waals surface area contributed by atoms with Crippen molar-refractivity contribution < 1.29 is 13.2 Å². The number of nitrogens with zero attached hydrogens (tertiary/aromatic N) is 2. The average Bonchev–Trinajstić information content (AvgIpc) is 2.92. The Kier molecular flexibility index (Phi) is 7.20. The molecule has 126 valence electrons. The molecule has 0 saturated carbocycles. The lowest BCUT2D eigenvalue weighted by Gasteiger charge is -2.30. The van der Waals surface area contributed by atoms with E-state index in [1.807, 2.05) is 0 Å². The molecule has 0 spiro atoms. The van der Waals surface area contributed by atoms with Crippen LogP contribution >= 0.6 is 23.7 Å².